The number of rotatable bonds is 2. The molecule has 1 saturated heterocycles. The summed E-state index contributed by atoms with van der Waals surface area (Å²) in [6, 6.07) is 0.750. The van der Waals surface area contributed by atoms with Gasteiger partial charge in [0.25, 0.3) is 0 Å². The molecule has 0 unspecified atom stereocenters. The maximum Gasteiger partial charge on any atom is 0.0480 e. The lowest BCUT2D eigenvalue weighted by Gasteiger charge is -2.58. The van der Waals surface area contributed by atoms with Crippen molar-refractivity contribution in [3.63, 3.8) is 0 Å². The van der Waals surface area contributed by atoms with Crippen LogP contribution >= 0.6 is 0 Å². The Bertz CT molecular complexity index is 260. The first-order chi connectivity index (χ1) is 8.31. The highest BCUT2D eigenvalue weighted by Crippen LogP contribution is 2.55. The maximum atomic E-state index is 5.48. The van der Waals surface area contributed by atoms with Crippen LogP contribution in [-0.2, 0) is 4.74 Å². The van der Waals surface area contributed by atoms with E-state index in [1.807, 2.05) is 0 Å². The summed E-state index contributed by atoms with van der Waals surface area (Å²) in [6.07, 6.45) is 11.6. The Labute approximate surface area is 104 Å². The first-order valence-corrected chi connectivity index (χ1v) is 7.67. The van der Waals surface area contributed by atoms with E-state index in [2.05, 4.69) is 5.32 Å². The van der Waals surface area contributed by atoms with Gasteiger partial charge in [-0.25, -0.2) is 0 Å². The lowest BCUT2D eigenvalue weighted by atomic mass is 9.53. The van der Waals surface area contributed by atoms with Gasteiger partial charge < -0.3 is 10.1 Å². The van der Waals surface area contributed by atoms with E-state index in [1.165, 1.54) is 32.1 Å². The van der Waals surface area contributed by atoms with Crippen molar-refractivity contribution in [3.8, 4) is 0 Å². The molecule has 5 fully saturated rings. The van der Waals surface area contributed by atoms with E-state index in [1.54, 1.807) is 19.3 Å². The molecule has 2 heteroatoms. The van der Waals surface area contributed by atoms with Crippen LogP contribution in [0.25, 0.3) is 0 Å². The van der Waals surface area contributed by atoms with Crippen LogP contribution in [-0.4, -0.2) is 24.8 Å². The lowest BCUT2D eigenvalue weighted by Crippen LogP contribution is -2.61. The molecule has 4 bridgehead atoms. The molecule has 5 aliphatic rings. The van der Waals surface area contributed by atoms with Gasteiger partial charge in [0.1, 0.15) is 0 Å². The molecule has 0 aromatic heterocycles. The summed E-state index contributed by atoms with van der Waals surface area (Å²) in [5, 5.41) is 4.08. The predicted molar refractivity (Wildman–Crippen MR) is 67.9 cm³/mol. The van der Waals surface area contributed by atoms with Crippen LogP contribution in [0, 0.1) is 17.8 Å². The molecule has 1 aliphatic heterocycles. The Morgan fingerprint density at radius 3 is 1.88 bits per heavy atom. The van der Waals surface area contributed by atoms with Crippen molar-refractivity contribution in [2.24, 2.45) is 17.8 Å². The van der Waals surface area contributed by atoms with Gasteiger partial charge in [0.05, 0.1) is 0 Å². The van der Waals surface area contributed by atoms with Gasteiger partial charge in [-0.15, -0.1) is 0 Å². The summed E-state index contributed by atoms with van der Waals surface area (Å²) >= 11 is 0. The van der Waals surface area contributed by atoms with Crippen LogP contribution in [0.2, 0.25) is 0 Å². The van der Waals surface area contributed by atoms with Crippen LogP contribution in [0.4, 0.5) is 0 Å². The van der Waals surface area contributed by atoms with E-state index in [0.717, 1.165) is 37.0 Å². The summed E-state index contributed by atoms with van der Waals surface area (Å²) in [4.78, 5) is 0. The van der Waals surface area contributed by atoms with Gasteiger partial charge in [0, 0.05) is 24.8 Å². The maximum absolute atomic E-state index is 5.48. The summed E-state index contributed by atoms with van der Waals surface area (Å²) in [5.74, 6) is 3.19. The van der Waals surface area contributed by atoms with Crippen molar-refractivity contribution in [2.75, 3.05) is 13.2 Å². The molecule has 0 spiro atoms. The third-order valence-electron chi connectivity index (χ3n) is 5.77. The molecule has 0 atom stereocenters. The van der Waals surface area contributed by atoms with Crippen LogP contribution < -0.4 is 5.32 Å². The van der Waals surface area contributed by atoms with E-state index in [-0.39, 0.29) is 0 Å². The molecule has 5 rings (SSSR count). The van der Waals surface area contributed by atoms with Crippen molar-refractivity contribution in [1.29, 1.82) is 0 Å². The molecule has 0 aromatic rings. The molecule has 2 nitrogen and oxygen atoms in total. The summed E-state index contributed by atoms with van der Waals surface area (Å²) in [7, 11) is 0. The van der Waals surface area contributed by atoms with Crippen molar-refractivity contribution >= 4 is 0 Å². The van der Waals surface area contributed by atoms with E-state index >= 15 is 0 Å². The van der Waals surface area contributed by atoms with Gasteiger partial charge in [0.15, 0.2) is 0 Å². The quantitative estimate of drug-likeness (QED) is 0.794. The van der Waals surface area contributed by atoms with E-state index in [4.69, 9.17) is 4.74 Å². The first kappa shape index (κ1) is 10.8. The molecule has 96 valence electrons. The van der Waals surface area contributed by atoms with Crippen LogP contribution in [0.3, 0.4) is 0 Å². The fourth-order valence-electron chi connectivity index (χ4n) is 5.56. The van der Waals surface area contributed by atoms with Gasteiger partial charge >= 0.3 is 0 Å². The van der Waals surface area contributed by atoms with Gasteiger partial charge in [-0.1, -0.05) is 0 Å². The minimum absolute atomic E-state index is 0.552. The average Bonchev–Trinajstić information content (AvgIpc) is 2.27. The van der Waals surface area contributed by atoms with Gasteiger partial charge in [-0.2, -0.15) is 0 Å². The highest BCUT2D eigenvalue weighted by molar-refractivity contribution is 5.07. The SMILES string of the molecule is C1CC(NC23CC4CC(CC(C4)C2)C3)CCO1. The number of nitrogens with one attached hydrogen (secondary N) is 1. The fourth-order valence-corrected chi connectivity index (χ4v) is 5.56. The molecular formula is C15H25NO. The average molecular weight is 235 g/mol. The number of ether oxygens (including phenoxy) is 1. The summed E-state index contributed by atoms with van der Waals surface area (Å²) in [6.45, 7) is 1.95. The van der Waals surface area contributed by atoms with Crippen molar-refractivity contribution < 1.29 is 4.74 Å². The monoisotopic (exact) mass is 235 g/mol. The standard InChI is InChI=1S/C15H25NO/c1-3-17-4-2-14(1)16-15-8-11-5-12(9-15)7-13(6-11)10-15/h11-14,16H,1-10H2. The highest BCUT2D eigenvalue weighted by Gasteiger charge is 2.51. The van der Waals surface area contributed by atoms with Gasteiger partial charge in [0.2, 0.25) is 0 Å². The Morgan fingerprint density at radius 1 is 0.824 bits per heavy atom. The second-order valence-electron chi connectivity index (χ2n) is 7.23. The fraction of sp³-hybridized carbons (Fsp3) is 1.00. The third kappa shape index (κ3) is 1.94. The lowest BCUT2D eigenvalue weighted by molar-refractivity contribution is -0.0342. The van der Waals surface area contributed by atoms with Gasteiger partial charge in [-0.3, -0.25) is 0 Å². The van der Waals surface area contributed by atoms with E-state index in [0.29, 0.717) is 5.54 Å². The Morgan fingerprint density at radius 2 is 1.35 bits per heavy atom. The topological polar surface area (TPSA) is 21.3 Å². The zero-order valence-electron chi connectivity index (χ0n) is 10.8. The van der Waals surface area contributed by atoms with Crippen LogP contribution in [0.15, 0.2) is 0 Å². The Hall–Kier alpha value is -0.0800. The number of hydrogen-bond acceptors (Lipinski definition) is 2. The second kappa shape index (κ2) is 3.96. The van der Waals surface area contributed by atoms with Crippen LogP contribution in [0.5, 0.6) is 0 Å². The molecule has 0 radical (unpaired) electrons. The summed E-state index contributed by atoms with van der Waals surface area (Å²) in [5.41, 5.74) is 0.552. The van der Waals surface area contributed by atoms with E-state index < -0.39 is 0 Å². The van der Waals surface area contributed by atoms with Crippen molar-refractivity contribution in [1.82, 2.24) is 5.32 Å². The second-order valence-corrected chi connectivity index (χ2v) is 7.23. The Kier molecular flexibility index (Phi) is 2.52. The predicted octanol–water partition coefficient (Wildman–Crippen LogP) is 2.72. The molecule has 17 heavy (non-hydrogen) atoms. The van der Waals surface area contributed by atoms with Crippen LogP contribution in [0.1, 0.15) is 51.4 Å². The molecule has 1 heterocycles. The molecular weight excluding hydrogens is 210 g/mol. The zero-order chi connectivity index (χ0) is 11.3. The number of hydrogen-bond donors (Lipinski definition) is 1. The smallest absolute Gasteiger partial charge is 0.0480 e. The van der Waals surface area contributed by atoms with E-state index in [9.17, 15) is 0 Å². The highest BCUT2D eigenvalue weighted by atomic mass is 16.5. The molecule has 1 N–H and O–H groups in total. The normalized spacial score (nSPS) is 49.8. The minimum atomic E-state index is 0.552. The van der Waals surface area contributed by atoms with Crippen molar-refractivity contribution in [3.05, 3.63) is 0 Å². The first-order valence-electron chi connectivity index (χ1n) is 7.67. The zero-order valence-corrected chi connectivity index (χ0v) is 10.8. The van der Waals surface area contributed by atoms with Crippen molar-refractivity contribution in [2.45, 2.75) is 62.9 Å². The largest absolute Gasteiger partial charge is 0.381 e. The third-order valence-corrected chi connectivity index (χ3v) is 5.77. The molecule has 0 amide bonds. The Balaban J connectivity index is 1.48. The molecule has 0 aromatic carbocycles. The summed E-state index contributed by atoms with van der Waals surface area (Å²) < 4.78 is 5.48. The molecule has 4 saturated carbocycles. The van der Waals surface area contributed by atoms with Gasteiger partial charge in [-0.05, 0) is 69.1 Å². The molecule has 4 aliphatic carbocycles. The minimum Gasteiger partial charge on any atom is -0.381 e.